The molecule has 3 unspecified atom stereocenters. The van der Waals surface area contributed by atoms with Gasteiger partial charge in [-0.3, -0.25) is 4.79 Å². The van der Waals surface area contributed by atoms with Gasteiger partial charge in [-0.15, -0.1) is 0 Å². The van der Waals surface area contributed by atoms with Crippen molar-refractivity contribution < 1.29 is 36.6 Å². The highest BCUT2D eigenvalue weighted by Crippen LogP contribution is 2.52. The molecule has 31 heavy (non-hydrogen) atoms. The minimum absolute atomic E-state index is 0.0516. The van der Waals surface area contributed by atoms with Gasteiger partial charge in [-0.05, 0) is 36.8 Å². The lowest BCUT2D eigenvalue weighted by Gasteiger charge is -2.45. The monoisotopic (exact) mass is 438 g/mol. The van der Waals surface area contributed by atoms with E-state index < -0.39 is 46.5 Å². The number of alkyl halides is 3. The molecule has 2 aromatic rings. The predicted molar refractivity (Wildman–Crippen MR) is 99.9 cm³/mol. The van der Waals surface area contributed by atoms with Crippen LogP contribution >= 0.6 is 0 Å². The Morgan fingerprint density at radius 1 is 1.39 bits per heavy atom. The van der Waals surface area contributed by atoms with Crippen LogP contribution < -0.4 is 5.32 Å². The number of ether oxygens (including phenoxy) is 1. The molecule has 3 atom stereocenters. The second-order valence-electron chi connectivity index (χ2n) is 7.28. The summed E-state index contributed by atoms with van der Waals surface area (Å²) in [6.07, 6.45) is -3.67. The number of furan rings is 1. The molecule has 0 saturated carbocycles. The Morgan fingerprint density at radius 3 is 2.61 bits per heavy atom. The summed E-state index contributed by atoms with van der Waals surface area (Å²) >= 11 is 0. The van der Waals surface area contributed by atoms with E-state index in [1.54, 1.807) is 0 Å². The van der Waals surface area contributed by atoms with Gasteiger partial charge in [0.05, 0.1) is 47.2 Å². The summed E-state index contributed by atoms with van der Waals surface area (Å²) in [6.45, 7) is 1.04. The number of carbonyl (C=O) groups is 1. The van der Waals surface area contributed by atoms with E-state index in [0.29, 0.717) is 6.07 Å². The first-order valence-electron chi connectivity index (χ1n) is 9.09. The molecule has 1 aromatic carbocycles. The zero-order chi connectivity index (χ0) is 23.0. The summed E-state index contributed by atoms with van der Waals surface area (Å²) in [6, 6.07) is 5.79. The third kappa shape index (κ3) is 3.77. The Kier molecular flexibility index (Phi) is 5.83. The van der Waals surface area contributed by atoms with Crippen LogP contribution in [-0.4, -0.2) is 30.8 Å². The van der Waals surface area contributed by atoms with Crippen molar-refractivity contribution in [2.45, 2.75) is 25.1 Å². The van der Waals surface area contributed by atoms with E-state index in [-0.39, 0.29) is 23.6 Å². The van der Waals surface area contributed by atoms with Gasteiger partial charge in [0.1, 0.15) is 5.82 Å². The highest BCUT2D eigenvalue weighted by molar-refractivity contribution is 5.83. The smallest absolute Gasteiger partial charge is 0.416 e. The third-order valence-corrected chi connectivity index (χ3v) is 5.51. The average Bonchev–Trinajstić information content (AvgIpc) is 3.23. The van der Waals surface area contributed by atoms with Crippen LogP contribution in [0.4, 0.5) is 17.6 Å². The van der Waals surface area contributed by atoms with E-state index in [0.717, 1.165) is 12.1 Å². The molecule has 10 heteroatoms. The number of hydrogen-bond acceptors (Lipinski definition) is 5. The van der Waals surface area contributed by atoms with Gasteiger partial charge in [-0.1, -0.05) is 6.07 Å². The number of nitriles is 1. The molecule has 164 valence electrons. The molecule has 2 N–H and O–H groups in total. The molecule has 1 aliphatic heterocycles. The molecule has 0 saturated heterocycles. The van der Waals surface area contributed by atoms with Gasteiger partial charge >= 0.3 is 12.1 Å². The standard InChI is InChI=1S/C21H18F4N2O4/c1-20(19(28)29)16(10-30-2)27-18(15-4-3-7-31-15)13(9-26)17(20)12-6-5-11(22)8-14(12)21(23,24)25/h3-8,16-17,27H,10H2,1-2H3,(H,28,29). The van der Waals surface area contributed by atoms with Gasteiger partial charge < -0.3 is 19.6 Å². The molecular weight excluding hydrogens is 420 g/mol. The summed E-state index contributed by atoms with van der Waals surface area (Å²) in [5.74, 6) is -4.01. The fourth-order valence-corrected chi connectivity index (χ4v) is 3.95. The maximum Gasteiger partial charge on any atom is 0.416 e. The summed E-state index contributed by atoms with van der Waals surface area (Å²) < 4.78 is 65.6. The molecule has 0 spiro atoms. The van der Waals surface area contributed by atoms with Crippen LogP contribution in [0.1, 0.15) is 29.7 Å². The molecule has 0 aliphatic carbocycles. The SMILES string of the molecule is COCC1NC(c2ccco2)=C(C#N)C(c2ccc(F)cc2C(F)(F)F)C1(C)C(=O)O. The normalized spacial score (nSPS) is 23.9. The van der Waals surface area contributed by atoms with Crippen LogP contribution in [0.15, 0.2) is 46.6 Å². The van der Waals surface area contributed by atoms with E-state index in [4.69, 9.17) is 9.15 Å². The Balaban J connectivity index is 2.41. The molecule has 0 radical (unpaired) electrons. The topological polar surface area (TPSA) is 95.5 Å². The van der Waals surface area contributed by atoms with E-state index in [1.165, 1.54) is 32.4 Å². The molecular formula is C21H18F4N2O4. The largest absolute Gasteiger partial charge is 0.481 e. The van der Waals surface area contributed by atoms with Crippen LogP contribution in [0.2, 0.25) is 0 Å². The molecule has 6 nitrogen and oxygen atoms in total. The van der Waals surface area contributed by atoms with Crippen molar-refractivity contribution in [3.05, 3.63) is 64.9 Å². The summed E-state index contributed by atoms with van der Waals surface area (Å²) in [4.78, 5) is 12.4. The minimum Gasteiger partial charge on any atom is -0.481 e. The van der Waals surface area contributed by atoms with Crippen molar-refractivity contribution >= 4 is 11.7 Å². The van der Waals surface area contributed by atoms with E-state index >= 15 is 0 Å². The first-order chi connectivity index (χ1) is 14.6. The van der Waals surface area contributed by atoms with Crippen molar-refractivity contribution in [1.29, 1.82) is 5.26 Å². The van der Waals surface area contributed by atoms with Gasteiger partial charge in [0.2, 0.25) is 0 Å². The number of allylic oxidation sites excluding steroid dienone is 1. The lowest BCUT2D eigenvalue weighted by Crippen LogP contribution is -2.57. The van der Waals surface area contributed by atoms with E-state index in [1.807, 2.05) is 6.07 Å². The third-order valence-electron chi connectivity index (χ3n) is 5.51. The number of halogens is 4. The quantitative estimate of drug-likeness (QED) is 0.681. The highest BCUT2D eigenvalue weighted by Gasteiger charge is 2.56. The molecule has 0 amide bonds. The second kappa shape index (κ2) is 8.07. The highest BCUT2D eigenvalue weighted by atomic mass is 19.4. The second-order valence-corrected chi connectivity index (χ2v) is 7.28. The predicted octanol–water partition coefficient (Wildman–Crippen LogP) is 4.17. The van der Waals surface area contributed by atoms with E-state index in [2.05, 4.69) is 5.32 Å². The zero-order valence-corrected chi connectivity index (χ0v) is 16.5. The summed E-state index contributed by atoms with van der Waals surface area (Å²) in [7, 11) is 1.31. The van der Waals surface area contributed by atoms with Crippen LogP contribution in [0.25, 0.3) is 5.70 Å². The number of rotatable bonds is 5. The van der Waals surface area contributed by atoms with E-state index in [9.17, 15) is 32.7 Å². The fraction of sp³-hybridized carbons (Fsp3) is 0.333. The van der Waals surface area contributed by atoms with Gasteiger partial charge in [0.15, 0.2) is 5.76 Å². The molecule has 1 aliphatic rings. The van der Waals surface area contributed by atoms with Crippen LogP contribution in [0.5, 0.6) is 0 Å². The number of nitrogens with zero attached hydrogens (tertiary/aromatic N) is 1. The zero-order valence-electron chi connectivity index (χ0n) is 16.5. The van der Waals surface area contributed by atoms with Crippen LogP contribution in [0.3, 0.4) is 0 Å². The summed E-state index contributed by atoms with van der Waals surface area (Å²) in [5.41, 5.74) is -4.05. The molecule has 0 fully saturated rings. The van der Waals surface area contributed by atoms with Gasteiger partial charge in [0.25, 0.3) is 0 Å². The minimum atomic E-state index is -4.98. The van der Waals surface area contributed by atoms with Crippen LogP contribution in [0, 0.1) is 22.6 Å². The van der Waals surface area contributed by atoms with Gasteiger partial charge in [-0.25, -0.2) is 4.39 Å². The Labute approximate surface area is 174 Å². The first-order valence-corrected chi connectivity index (χ1v) is 9.09. The maximum absolute atomic E-state index is 13.8. The van der Waals surface area contributed by atoms with Crippen molar-refractivity contribution in [2.75, 3.05) is 13.7 Å². The van der Waals surface area contributed by atoms with Crippen molar-refractivity contribution in [1.82, 2.24) is 5.32 Å². The molecule has 0 bridgehead atoms. The number of hydrogen-bond donors (Lipinski definition) is 2. The first kappa shape index (κ1) is 22.4. The number of carboxylic acids is 1. The Bertz CT molecular complexity index is 1060. The molecule has 3 rings (SSSR count). The van der Waals surface area contributed by atoms with Crippen LogP contribution in [-0.2, 0) is 15.7 Å². The number of methoxy groups -OCH3 is 1. The number of aliphatic carboxylic acids is 1. The summed E-state index contributed by atoms with van der Waals surface area (Å²) in [5, 5.41) is 22.9. The fourth-order valence-electron chi connectivity index (χ4n) is 3.95. The van der Waals surface area contributed by atoms with Gasteiger partial charge in [-0.2, -0.15) is 18.4 Å². The molecule has 2 heterocycles. The lowest BCUT2D eigenvalue weighted by molar-refractivity contribution is -0.153. The van der Waals surface area contributed by atoms with Crippen molar-refractivity contribution in [3.63, 3.8) is 0 Å². The van der Waals surface area contributed by atoms with Crippen molar-refractivity contribution in [2.24, 2.45) is 5.41 Å². The van der Waals surface area contributed by atoms with Crippen molar-refractivity contribution in [3.8, 4) is 6.07 Å². The number of nitrogens with one attached hydrogen (secondary N) is 1. The Morgan fingerprint density at radius 2 is 2.10 bits per heavy atom. The molecule has 1 aromatic heterocycles. The van der Waals surface area contributed by atoms with Gasteiger partial charge in [0, 0.05) is 13.0 Å². The maximum atomic E-state index is 13.8. The number of benzene rings is 1. The number of carboxylic acid groups (broad SMARTS) is 1. The Hall–Kier alpha value is -3.32. The average molecular weight is 438 g/mol. The lowest BCUT2D eigenvalue weighted by atomic mass is 9.62.